The molecule has 4 nitrogen and oxygen atoms in total. The van der Waals surface area contributed by atoms with E-state index in [0.29, 0.717) is 0 Å². The fraction of sp³-hybridized carbons (Fsp3) is 1.00. The standard InChI is InChI=1S/C12H30N2O2Si/c1-3-15-17(16-4-2)12-11-14-10-8-6-5-7-9-13/h14,17H,3-13H2,1-2H3. The molecule has 5 heteroatoms. The zero-order valence-corrected chi connectivity index (χ0v) is 12.7. The molecule has 0 aliphatic heterocycles. The molecule has 0 rings (SSSR count). The molecule has 0 fully saturated rings. The molecule has 0 aliphatic rings. The first-order valence-corrected chi connectivity index (χ1v) is 8.75. The summed E-state index contributed by atoms with van der Waals surface area (Å²) in [6.07, 6.45) is 4.94. The second kappa shape index (κ2) is 14.1. The van der Waals surface area contributed by atoms with Crippen LogP contribution in [0, 0.1) is 0 Å². The van der Waals surface area contributed by atoms with Crippen LogP contribution in [-0.4, -0.2) is 42.1 Å². The minimum absolute atomic E-state index is 0.774. The molecule has 0 atom stereocenters. The Hall–Kier alpha value is 0.0569. The van der Waals surface area contributed by atoms with Gasteiger partial charge in [-0.15, -0.1) is 0 Å². The molecule has 104 valence electrons. The molecule has 0 aliphatic carbocycles. The monoisotopic (exact) mass is 262 g/mol. The van der Waals surface area contributed by atoms with Crippen LogP contribution < -0.4 is 11.1 Å². The number of hydrogen-bond acceptors (Lipinski definition) is 4. The van der Waals surface area contributed by atoms with Gasteiger partial charge in [0, 0.05) is 19.3 Å². The fourth-order valence-corrected chi connectivity index (χ4v) is 3.29. The molecule has 17 heavy (non-hydrogen) atoms. The Morgan fingerprint density at radius 2 is 1.59 bits per heavy atom. The van der Waals surface area contributed by atoms with Crippen molar-refractivity contribution in [1.29, 1.82) is 0 Å². The van der Waals surface area contributed by atoms with Crippen molar-refractivity contribution in [1.82, 2.24) is 5.32 Å². The van der Waals surface area contributed by atoms with Crippen LogP contribution in [0.15, 0.2) is 0 Å². The highest BCUT2D eigenvalue weighted by Crippen LogP contribution is 1.98. The van der Waals surface area contributed by atoms with Crippen molar-refractivity contribution in [2.75, 3.05) is 32.8 Å². The zero-order chi connectivity index (χ0) is 12.8. The first-order valence-electron chi connectivity index (χ1n) is 6.99. The number of rotatable bonds is 13. The summed E-state index contributed by atoms with van der Waals surface area (Å²) in [6.45, 7) is 8.56. The third-order valence-corrected chi connectivity index (χ3v) is 4.74. The second-order valence-electron chi connectivity index (χ2n) is 4.08. The normalized spacial score (nSPS) is 11.3. The van der Waals surface area contributed by atoms with Gasteiger partial charge in [0.15, 0.2) is 0 Å². The van der Waals surface area contributed by atoms with E-state index in [1.54, 1.807) is 0 Å². The van der Waals surface area contributed by atoms with Crippen LogP contribution in [0.5, 0.6) is 0 Å². The number of hydrogen-bond donors (Lipinski definition) is 2. The van der Waals surface area contributed by atoms with Gasteiger partial charge >= 0.3 is 9.28 Å². The van der Waals surface area contributed by atoms with Crippen LogP contribution in [-0.2, 0) is 8.85 Å². The highest BCUT2D eigenvalue weighted by Gasteiger charge is 2.10. The van der Waals surface area contributed by atoms with Crippen LogP contribution in [0.2, 0.25) is 6.04 Å². The van der Waals surface area contributed by atoms with E-state index in [2.05, 4.69) is 5.32 Å². The highest BCUT2D eigenvalue weighted by atomic mass is 28.3. The van der Waals surface area contributed by atoms with Crippen molar-refractivity contribution in [3.05, 3.63) is 0 Å². The lowest BCUT2D eigenvalue weighted by Gasteiger charge is -2.14. The predicted molar refractivity (Wildman–Crippen MR) is 75.6 cm³/mol. The van der Waals surface area contributed by atoms with Gasteiger partial charge in [0.05, 0.1) is 0 Å². The Balaban J connectivity index is 3.23. The molecule has 0 heterocycles. The molecule has 0 aromatic heterocycles. The summed E-state index contributed by atoms with van der Waals surface area (Å²) < 4.78 is 11.2. The van der Waals surface area contributed by atoms with Gasteiger partial charge in [-0.1, -0.05) is 12.8 Å². The largest absolute Gasteiger partial charge is 0.397 e. The number of nitrogens with one attached hydrogen (secondary N) is 1. The Bertz CT molecular complexity index is 144. The third-order valence-electron chi connectivity index (χ3n) is 2.57. The van der Waals surface area contributed by atoms with Crippen LogP contribution in [0.25, 0.3) is 0 Å². The molecular formula is C12H30N2O2Si. The summed E-state index contributed by atoms with van der Waals surface area (Å²) in [7, 11) is -1.38. The molecule has 3 N–H and O–H groups in total. The van der Waals surface area contributed by atoms with E-state index in [1.807, 2.05) is 13.8 Å². The number of nitrogens with two attached hydrogens (primary N) is 1. The summed E-state index contributed by atoms with van der Waals surface area (Å²) in [6, 6.07) is 1.06. The van der Waals surface area contributed by atoms with E-state index >= 15 is 0 Å². The van der Waals surface area contributed by atoms with Crippen molar-refractivity contribution in [3.8, 4) is 0 Å². The topological polar surface area (TPSA) is 56.5 Å². The van der Waals surface area contributed by atoms with Gasteiger partial charge in [-0.3, -0.25) is 0 Å². The smallest absolute Gasteiger partial charge is 0.322 e. The summed E-state index contributed by atoms with van der Waals surface area (Å²) in [5.41, 5.74) is 5.44. The molecule has 0 saturated heterocycles. The summed E-state index contributed by atoms with van der Waals surface area (Å²) in [5.74, 6) is 0. The molecule has 0 aromatic carbocycles. The third kappa shape index (κ3) is 12.3. The summed E-state index contributed by atoms with van der Waals surface area (Å²) in [5, 5.41) is 3.45. The Labute approximate surface area is 108 Å². The molecule has 0 aromatic rings. The van der Waals surface area contributed by atoms with Gasteiger partial charge in [0.1, 0.15) is 0 Å². The van der Waals surface area contributed by atoms with Crippen LogP contribution in [0.1, 0.15) is 39.5 Å². The van der Waals surface area contributed by atoms with Crippen LogP contribution in [0.4, 0.5) is 0 Å². The van der Waals surface area contributed by atoms with Crippen molar-refractivity contribution in [2.24, 2.45) is 5.73 Å². The summed E-state index contributed by atoms with van der Waals surface area (Å²) >= 11 is 0. The second-order valence-corrected chi connectivity index (χ2v) is 6.18. The van der Waals surface area contributed by atoms with Crippen molar-refractivity contribution >= 4 is 9.28 Å². The van der Waals surface area contributed by atoms with Crippen LogP contribution >= 0.6 is 0 Å². The fourth-order valence-electron chi connectivity index (χ4n) is 1.68. The van der Waals surface area contributed by atoms with Crippen molar-refractivity contribution in [2.45, 2.75) is 45.6 Å². The van der Waals surface area contributed by atoms with Gasteiger partial charge in [-0.25, -0.2) is 0 Å². The Kier molecular flexibility index (Phi) is 14.2. The maximum absolute atomic E-state index is 5.60. The summed E-state index contributed by atoms with van der Waals surface area (Å²) in [4.78, 5) is 0. The Morgan fingerprint density at radius 3 is 2.18 bits per heavy atom. The first-order chi connectivity index (χ1) is 8.35. The molecule has 0 unspecified atom stereocenters. The van der Waals surface area contributed by atoms with Gasteiger partial charge < -0.3 is 19.9 Å². The molecule has 0 spiro atoms. The average molecular weight is 262 g/mol. The van der Waals surface area contributed by atoms with E-state index in [-0.39, 0.29) is 0 Å². The lowest BCUT2D eigenvalue weighted by atomic mass is 10.2. The van der Waals surface area contributed by atoms with Crippen molar-refractivity contribution in [3.63, 3.8) is 0 Å². The van der Waals surface area contributed by atoms with Gasteiger partial charge in [-0.2, -0.15) is 0 Å². The number of unbranched alkanes of at least 4 members (excludes halogenated alkanes) is 3. The van der Waals surface area contributed by atoms with E-state index in [1.165, 1.54) is 19.3 Å². The van der Waals surface area contributed by atoms with Gasteiger partial charge in [-0.05, 0) is 46.3 Å². The molecule has 0 amide bonds. The quantitative estimate of drug-likeness (QED) is 0.389. The van der Waals surface area contributed by atoms with E-state index < -0.39 is 9.28 Å². The molecule has 0 bridgehead atoms. The van der Waals surface area contributed by atoms with E-state index in [4.69, 9.17) is 14.6 Å². The van der Waals surface area contributed by atoms with Crippen LogP contribution in [0.3, 0.4) is 0 Å². The Morgan fingerprint density at radius 1 is 0.941 bits per heavy atom. The van der Waals surface area contributed by atoms with Gasteiger partial charge in [0.2, 0.25) is 0 Å². The minimum atomic E-state index is -1.38. The maximum Gasteiger partial charge on any atom is 0.322 e. The first kappa shape index (κ1) is 17.1. The van der Waals surface area contributed by atoms with Gasteiger partial charge in [0.25, 0.3) is 0 Å². The van der Waals surface area contributed by atoms with Crippen molar-refractivity contribution < 1.29 is 8.85 Å². The highest BCUT2D eigenvalue weighted by molar-refractivity contribution is 6.44. The molecule has 0 radical (unpaired) electrons. The zero-order valence-electron chi connectivity index (χ0n) is 11.5. The molecular weight excluding hydrogens is 232 g/mol. The van der Waals surface area contributed by atoms with E-state index in [9.17, 15) is 0 Å². The maximum atomic E-state index is 5.60. The SMILES string of the molecule is CCO[SiH](CCNCCCCCCN)OCC. The minimum Gasteiger partial charge on any atom is -0.397 e. The predicted octanol–water partition coefficient (Wildman–Crippen LogP) is 1.39. The van der Waals surface area contributed by atoms with E-state index in [0.717, 1.165) is 45.3 Å². The lowest BCUT2D eigenvalue weighted by molar-refractivity contribution is 0.213. The lowest BCUT2D eigenvalue weighted by Crippen LogP contribution is -2.28. The molecule has 0 saturated carbocycles. The average Bonchev–Trinajstić information content (AvgIpc) is 2.33.